The van der Waals surface area contributed by atoms with E-state index in [0.29, 0.717) is 22.1 Å². The van der Waals surface area contributed by atoms with Gasteiger partial charge in [-0.05, 0) is 140 Å². The Morgan fingerprint density at radius 3 is 1.26 bits per heavy atom. The maximum atomic E-state index is 12.9. The van der Waals surface area contributed by atoms with Gasteiger partial charge in [0, 0.05) is 34.4 Å². The topological polar surface area (TPSA) is 92.4 Å². The predicted octanol–water partition coefficient (Wildman–Crippen LogP) is 9.76. The number of nitrogens with two attached hydrogens (primary N) is 1. The molecule has 0 bridgehead atoms. The van der Waals surface area contributed by atoms with Gasteiger partial charge in [-0.25, -0.2) is 13.6 Å². The third kappa shape index (κ3) is 14.0. The van der Waals surface area contributed by atoms with Crippen LogP contribution in [0.15, 0.2) is 97.1 Å². The van der Waals surface area contributed by atoms with E-state index in [0.717, 1.165) is 24.2 Å². The predicted molar refractivity (Wildman–Crippen MR) is 208 cm³/mol. The van der Waals surface area contributed by atoms with Crippen molar-refractivity contribution in [3.8, 4) is 23.7 Å². The molecular formula is C46H50F2N2O3. The van der Waals surface area contributed by atoms with Crippen LogP contribution in [0.2, 0.25) is 0 Å². The number of benzene rings is 4. The zero-order chi connectivity index (χ0) is 38.1. The maximum Gasteiger partial charge on any atom is 0.335 e. The van der Waals surface area contributed by atoms with E-state index in [9.17, 15) is 18.4 Å². The Morgan fingerprint density at radius 1 is 0.585 bits per heavy atom. The molecule has 2 saturated carbocycles. The lowest BCUT2D eigenvalue weighted by atomic mass is 9.76. The number of carboxylic acid groups (broad SMARTS) is 1. The minimum Gasteiger partial charge on any atom is -0.478 e. The number of halogens is 2. The van der Waals surface area contributed by atoms with Crippen molar-refractivity contribution in [3.63, 3.8) is 0 Å². The van der Waals surface area contributed by atoms with Gasteiger partial charge in [0.2, 0.25) is 0 Å². The molecule has 2 aliphatic carbocycles. The number of nitrogens with one attached hydrogen (secondary N) is 1. The van der Waals surface area contributed by atoms with Crippen LogP contribution < -0.4 is 11.1 Å². The number of amides is 1. The van der Waals surface area contributed by atoms with E-state index < -0.39 is 5.97 Å². The number of hydrogen-bond donors (Lipinski definition) is 3. The van der Waals surface area contributed by atoms with Crippen LogP contribution in [-0.2, 0) is 0 Å². The summed E-state index contributed by atoms with van der Waals surface area (Å²) in [6.07, 6.45) is 13.1. The molecule has 0 atom stereocenters. The molecule has 4 N–H and O–H groups in total. The third-order valence-electron chi connectivity index (χ3n) is 9.96. The maximum absolute atomic E-state index is 12.9. The molecule has 0 radical (unpaired) electrons. The number of carboxylic acids is 1. The average molecular weight is 717 g/mol. The standard InChI is InChI=1S/C23H24FNO.C15H9FO2.C8H17N/c1-23(15-3-2-4-16-23)17-25-22(26)20-11-7-18(8-12-20)5-6-19-9-13-21(24)14-10-19;16-14-9-5-12(6-10-14)2-1-11-3-7-13(8-4-11)15(17)18;1-8(7-9)5-3-2-4-6-8/h7-14H,2-4,15-17H2,1H3,(H,25,26);3-10H,(H,17,18);2-7,9H2,1H3. The van der Waals surface area contributed by atoms with Gasteiger partial charge >= 0.3 is 5.97 Å². The van der Waals surface area contributed by atoms with Crippen LogP contribution >= 0.6 is 0 Å². The quantitative estimate of drug-likeness (QED) is 0.179. The van der Waals surface area contributed by atoms with Crippen LogP contribution in [0.5, 0.6) is 0 Å². The summed E-state index contributed by atoms with van der Waals surface area (Å²) < 4.78 is 25.6. The second-order valence-electron chi connectivity index (χ2n) is 14.6. The summed E-state index contributed by atoms with van der Waals surface area (Å²) in [5.74, 6) is 10.2. The first-order chi connectivity index (χ1) is 25.5. The molecule has 0 spiro atoms. The molecule has 4 aromatic carbocycles. The first-order valence-corrected chi connectivity index (χ1v) is 18.4. The van der Waals surface area contributed by atoms with Gasteiger partial charge in [0.05, 0.1) is 5.56 Å². The summed E-state index contributed by atoms with van der Waals surface area (Å²) >= 11 is 0. The van der Waals surface area contributed by atoms with Crippen molar-refractivity contribution >= 4 is 11.9 Å². The minimum atomic E-state index is -0.965. The monoisotopic (exact) mass is 716 g/mol. The molecule has 0 aromatic heterocycles. The summed E-state index contributed by atoms with van der Waals surface area (Å²) in [5, 5.41) is 11.8. The van der Waals surface area contributed by atoms with Gasteiger partial charge in [-0.1, -0.05) is 76.1 Å². The Bertz CT molecular complexity index is 1890. The summed E-state index contributed by atoms with van der Waals surface area (Å²) in [4.78, 5) is 23.0. The molecule has 6 rings (SSSR count). The highest BCUT2D eigenvalue weighted by Gasteiger charge is 2.27. The van der Waals surface area contributed by atoms with E-state index >= 15 is 0 Å². The Balaban J connectivity index is 0.000000200. The first kappa shape index (κ1) is 40.5. The van der Waals surface area contributed by atoms with Crippen molar-refractivity contribution in [3.05, 3.63) is 142 Å². The van der Waals surface area contributed by atoms with E-state index in [1.54, 1.807) is 48.5 Å². The fraction of sp³-hybridized carbons (Fsp3) is 0.348. The van der Waals surface area contributed by atoms with Crippen LogP contribution in [0.1, 0.15) is 121 Å². The minimum absolute atomic E-state index is 0.0326. The molecular weight excluding hydrogens is 667 g/mol. The molecule has 0 saturated heterocycles. The highest BCUT2D eigenvalue weighted by Crippen LogP contribution is 2.35. The fourth-order valence-corrected chi connectivity index (χ4v) is 6.34. The Hall–Kier alpha value is -5.24. The molecule has 0 unspecified atom stereocenters. The highest BCUT2D eigenvalue weighted by atomic mass is 19.1. The third-order valence-corrected chi connectivity index (χ3v) is 9.96. The Kier molecular flexibility index (Phi) is 15.4. The lowest BCUT2D eigenvalue weighted by Gasteiger charge is -2.33. The van der Waals surface area contributed by atoms with E-state index in [4.69, 9.17) is 10.8 Å². The largest absolute Gasteiger partial charge is 0.478 e. The molecule has 1 amide bonds. The molecule has 0 aliphatic heterocycles. The van der Waals surface area contributed by atoms with Gasteiger partial charge < -0.3 is 16.2 Å². The van der Waals surface area contributed by atoms with Crippen molar-refractivity contribution in [1.82, 2.24) is 5.32 Å². The van der Waals surface area contributed by atoms with Crippen molar-refractivity contribution in [2.24, 2.45) is 16.6 Å². The van der Waals surface area contributed by atoms with Crippen LogP contribution in [0, 0.1) is 46.1 Å². The van der Waals surface area contributed by atoms with Gasteiger partial charge in [0.15, 0.2) is 0 Å². The normalized spacial score (nSPS) is 15.3. The van der Waals surface area contributed by atoms with E-state index in [1.165, 1.54) is 101 Å². The molecule has 276 valence electrons. The Morgan fingerprint density at radius 2 is 0.925 bits per heavy atom. The SMILES string of the molecule is CC1(CN)CCCCC1.CC1(CNC(=O)c2ccc(C#Cc3ccc(F)cc3)cc2)CCCCC1.O=C(O)c1ccc(C#Cc2ccc(F)cc2)cc1. The number of carbonyl (C=O) groups excluding carboxylic acids is 1. The molecule has 0 heterocycles. The number of carbonyl (C=O) groups is 2. The van der Waals surface area contributed by atoms with Crippen LogP contribution in [-0.4, -0.2) is 30.1 Å². The van der Waals surface area contributed by atoms with Gasteiger partial charge in [0.1, 0.15) is 11.6 Å². The summed E-state index contributed by atoms with van der Waals surface area (Å²) in [5.41, 5.74) is 10.2. The van der Waals surface area contributed by atoms with Gasteiger partial charge in [-0.3, -0.25) is 4.79 Å². The highest BCUT2D eigenvalue weighted by molar-refractivity contribution is 5.94. The van der Waals surface area contributed by atoms with Crippen molar-refractivity contribution < 1.29 is 23.5 Å². The number of hydrogen-bond acceptors (Lipinski definition) is 3. The van der Waals surface area contributed by atoms with E-state index in [2.05, 4.69) is 42.8 Å². The lowest BCUT2D eigenvalue weighted by Crippen LogP contribution is -2.37. The van der Waals surface area contributed by atoms with Gasteiger partial charge in [-0.15, -0.1) is 0 Å². The second kappa shape index (κ2) is 20.1. The fourth-order valence-electron chi connectivity index (χ4n) is 6.34. The molecule has 2 aliphatic rings. The summed E-state index contributed by atoms with van der Waals surface area (Å²) in [6, 6.07) is 25.5. The van der Waals surface area contributed by atoms with Gasteiger partial charge in [-0.2, -0.15) is 0 Å². The first-order valence-electron chi connectivity index (χ1n) is 18.4. The number of aromatic carboxylic acids is 1. The van der Waals surface area contributed by atoms with Crippen LogP contribution in [0.3, 0.4) is 0 Å². The van der Waals surface area contributed by atoms with Crippen molar-refractivity contribution in [2.45, 2.75) is 78.1 Å². The second-order valence-corrected chi connectivity index (χ2v) is 14.6. The zero-order valence-electron chi connectivity index (χ0n) is 30.8. The zero-order valence-corrected chi connectivity index (χ0v) is 30.8. The molecule has 7 heteroatoms. The van der Waals surface area contributed by atoms with Crippen LogP contribution in [0.25, 0.3) is 0 Å². The van der Waals surface area contributed by atoms with Crippen molar-refractivity contribution in [1.29, 1.82) is 0 Å². The Labute approximate surface area is 313 Å². The molecule has 4 aromatic rings. The average Bonchev–Trinajstić information content (AvgIpc) is 3.18. The van der Waals surface area contributed by atoms with Crippen LogP contribution in [0.4, 0.5) is 8.78 Å². The summed E-state index contributed by atoms with van der Waals surface area (Å²) in [7, 11) is 0. The van der Waals surface area contributed by atoms with E-state index in [-0.39, 0.29) is 28.5 Å². The van der Waals surface area contributed by atoms with Gasteiger partial charge in [0.25, 0.3) is 5.91 Å². The smallest absolute Gasteiger partial charge is 0.335 e. The number of rotatable bonds is 5. The molecule has 2 fully saturated rings. The molecule has 5 nitrogen and oxygen atoms in total. The lowest BCUT2D eigenvalue weighted by molar-refractivity contribution is 0.0696. The summed E-state index contributed by atoms with van der Waals surface area (Å²) in [6.45, 7) is 6.19. The van der Waals surface area contributed by atoms with Crippen molar-refractivity contribution in [2.75, 3.05) is 13.1 Å². The van der Waals surface area contributed by atoms with E-state index in [1.807, 2.05) is 12.1 Å². The molecule has 53 heavy (non-hydrogen) atoms.